The second-order valence-corrected chi connectivity index (χ2v) is 4.23. The average Bonchev–Trinajstić information content (AvgIpc) is 2.23. The van der Waals surface area contributed by atoms with Crippen LogP contribution in [-0.2, 0) is 19.1 Å². The van der Waals surface area contributed by atoms with Gasteiger partial charge >= 0.3 is 5.97 Å². The van der Waals surface area contributed by atoms with E-state index in [1.807, 2.05) is 6.92 Å². The van der Waals surface area contributed by atoms with Gasteiger partial charge in [0.25, 0.3) is 0 Å². The van der Waals surface area contributed by atoms with E-state index in [4.69, 9.17) is 15.6 Å². The molecule has 0 aromatic carbocycles. The molecule has 0 radical (unpaired) electrons. The SMILES string of the molecule is COCC(C)CC(=O)N[C@H](CCC(N)=O)C(=O)O. The van der Waals surface area contributed by atoms with Crippen molar-refractivity contribution in [3.63, 3.8) is 0 Å². The van der Waals surface area contributed by atoms with Gasteiger partial charge in [0.2, 0.25) is 11.8 Å². The molecular weight excluding hydrogens is 240 g/mol. The van der Waals surface area contributed by atoms with Gasteiger partial charge in [-0.1, -0.05) is 6.92 Å². The predicted octanol–water partition coefficient (Wildman–Crippen LogP) is -0.506. The zero-order valence-electron chi connectivity index (χ0n) is 10.6. The van der Waals surface area contributed by atoms with Crippen molar-refractivity contribution in [3.8, 4) is 0 Å². The molecule has 0 aromatic heterocycles. The minimum atomic E-state index is -1.18. The molecule has 7 heteroatoms. The zero-order chi connectivity index (χ0) is 14.1. The van der Waals surface area contributed by atoms with Crippen LogP contribution in [-0.4, -0.2) is 42.6 Å². The molecule has 0 rings (SSSR count). The number of carbonyl (C=O) groups excluding carboxylic acids is 2. The molecule has 2 amide bonds. The quantitative estimate of drug-likeness (QED) is 0.516. The number of nitrogens with two attached hydrogens (primary N) is 1. The predicted molar refractivity (Wildman–Crippen MR) is 63.7 cm³/mol. The van der Waals surface area contributed by atoms with Crippen molar-refractivity contribution in [1.29, 1.82) is 0 Å². The number of carboxylic acids is 1. The first-order valence-electron chi connectivity index (χ1n) is 5.66. The van der Waals surface area contributed by atoms with Crippen LogP contribution < -0.4 is 11.1 Å². The van der Waals surface area contributed by atoms with Gasteiger partial charge in [-0.25, -0.2) is 4.79 Å². The topological polar surface area (TPSA) is 119 Å². The second-order valence-electron chi connectivity index (χ2n) is 4.23. The van der Waals surface area contributed by atoms with Gasteiger partial charge in [0.05, 0.1) is 0 Å². The number of amides is 2. The third-order valence-corrected chi connectivity index (χ3v) is 2.30. The molecule has 0 fully saturated rings. The van der Waals surface area contributed by atoms with E-state index in [1.54, 1.807) is 0 Å². The third-order valence-electron chi connectivity index (χ3n) is 2.30. The molecule has 1 unspecified atom stereocenters. The Balaban J connectivity index is 4.19. The van der Waals surface area contributed by atoms with Crippen LogP contribution in [0, 0.1) is 5.92 Å². The Labute approximate surface area is 106 Å². The van der Waals surface area contributed by atoms with E-state index in [9.17, 15) is 14.4 Å². The lowest BCUT2D eigenvalue weighted by atomic mass is 10.1. The van der Waals surface area contributed by atoms with Crippen molar-refractivity contribution >= 4 is 17.8 Å². The summed E-state index contributed by atoms with van der Waals surface area (Å²) >= 11 is 0. The third kappa shape index (κ3) is 7.61. The second kappa shape index (κ2) is 8.46. The number of hydrogen-bond acceptors (Lipinski definition) is 4. The Hall–Kier alpha value is -1.63. The molecular formula is C11H20N2O5. The van der Waals surface area contributed by atoms with Gasteiger partial charge < -0.3 is 20.9 Å². The van der Waals surface area contributed by atoms with E-state index >= 15 is 0 Å². The molecule has 7 nitrogen and oxygen atoms in total. The first-order valence-corrected chi connectivity index (χ1v) is 5.66. The maximum absolute atomic E-state index is 11.5. The van der Waals surface area contributed by atoms with Gasteiger partial charge in [0.15, 0.2) is 0 Å². The largest absolute Gasteiger partial charge is 0.480 e. The normalized spacial score (nSPS) is 13.7. The molecule has 0 aliphatic heterocycles. The molecule has 2 atom stereocenters. The summed E-state index contributed by atoms with van der Waals surface area (Å²) in [6.45, 7) is 2.24. The number of methoxy groups -OCH3 is 1. The molecule has 0 bridgehead atoms. The molecule has 0 saturated heterocycles. The number of rotatable bonds is 9. The first kappa shape index (κ1) is 16.4. The Morgan fingerprint density at radius 1 is 1.39 bits per heavy atom. The van der Waals surface area contributed by atoms with Crippen molar-refractivity contribution in [2.45, 2.75) is 32.2 Å². The lowest BCUT2D eigenvalue weighted by Crippen LogP contribution is -2.42. The zero-order valence-corrected chi connectivity index (χ0v) is 10.6. The first-order chi connectivity index (χ1) is 8.36. The van der Waals surface area contributed by atoms with E-state index in [0.29, 0.717) is 6.61 Å². The van der Waals surface area contributed by atoms with Crippen LogP contribution in [0.5, 0.6) is 0 Å². The minimum Gasteiger partial charge on any atom is -0.480 e. The Bertz CT molecular complexity index is 306. The van der Waals surface area contributed by atoms with Gasteiger partial charge in [0.1, 0.15) is 6.04 Å². The summed E-state index contributed by atoms with van der Waals surface area (Å²) in [7, 11) is 1.53. The van der Waals surface area contributed by atoms with Crippen LogP contribution in [0.15, 0.2) is 0 Å². The lowest BCUT2D eigenvalue weighted by molar-refractivity contribution is -0.142. The van der Waals surface area contributed by atoms with Crippen molar-refractivity contribution in [3.05, 3.63) is 0 Å². The summed E-state index contributed by atoms with van der Waals surface area (Å²) in [5.41, 5.74) is 4.93. The highest BCUT2D eigenvalue weighted by atomic mass is 16.5. The summed E-state index contributed by atoms with van der Waals surface area (Å²) in [6, 6.07) is -1.08. The van der Waals surface area contributed by atoms with Crippen molar-refractivity contribution in [2.24, 2.45) is 11.7 Å². The molecule has 0 aliphatic rings. The number of primary amides is 1. The molecule has 0 spiro atoms. The van der Waals surface area contributed by atoms with Crippen LogP contribution in [0.2, 0.25) is 0 Å². The number of hydrogen-bond donors (Lipinski definition) is 3. The van der Waals surface area contributed by atoms with Crippen LogP contribution in [0.4, 0.5) is 0 Å². The van der Waals surface area contributed by atoms with Crippen molar-refractivity contribution in [2.75, 3.05) is 13.7 Å². The van der Waals surface area contributed by atoms with Crippen molar-refractivity contribution in [1.82, 2.24) is 5.32 Å². The number of nitrogens with one attached hydrogen (secondary N) is 1. The van der Waals surface area contributed by atoms with E-state index < -0.39 is 17.9 Å². The smallest absolute Gasteiger partial charge is 0.326 e. The fraction of sp³-hybridized carbons (Fsp3) is 0.727. The highest BCUT2D eigenvalue weighted by Gasteiger charge is 2.21. The molecule has 18 heavy (non-hydrogen) atoms. The highest BCUT2D eigenvalue weighted by molar-refractivity contribution is 5.84. The van der Waals surface area contributed by atoms with E-state index in [0.717, 1.165) is 0 Å². The Morgan fingerprint density at radius 3 is 2.44 bits per heavy atom. The monoisotopic (exact) mass is 260 g/mol. The van der Waals surface area contributed by atoms with Crippen molar-refractivity contribution < 1.29 is 24.2 Å². The molecule has 4 N–H and O–H groups in total. The minimum absolute atomic E-state index is 0.000542. The van der Waals surface area contributed by atoms with Gasteiger partial charge in [0, 0.05) is 26.6 Å². The fourth-order valence-corrected chi connectivity index (χ4v) is 1.46. The number of aliphatic carboxylic acids is 1. The molecule has 0 aliphatic carbocycles. The van der Waals surface area contributed by atoms with Gasteiger partial charge in [-0.2, -0.15) is 0 Å². The molecule has 104 valence electrons. The van der Waals surface area contributed by atoms with Gasteiger partial charge in [-0.15, -0.1) is 0 Å². The highest BCUT2D eigenvalue weighted by Crippen LogP contribution is 2.04. The van der Waals surface area contributed by atoms with Gasteiger partial charge in [-0.3, -0.25) is 9.59 Å². The van der Waals surface area contributed by atoms with Crippen LogP contribution in [0.1, 0.15) is 26.2 Å². The van der Waals surface area contributed by atoms with E-state index in [-0.39, 0.29) is 31.1 Å². The van der Waals surface area contributed by atoms with Crippen LogP contribution in [0.25, 0.3) is 0 Å². The maximum Gasteiger partial charge on any atom is 0.326 e. The number of carbonyl (C=O) groups is 3. The average molecular weight is 260 g/mol. The number of carboxylic acid groups (broad SMARTS) is 1. The Morgan fingerprint density at radius 2 is 2.00 bits per heavy atom. The summed E-state index contributed by atoms with van der Waals surface area (Å²) in [6.07, 6.45) is 0.0914. The summed E-state index contributed by atoms with van der Waals surface area (Å²) < 4.78 is 4.88. The summed E-state index contributed by atoms with van der Waals surface area (Å²) in [5, 5.41) is 11.2. The Kier molecular flexibility index (Phi) is 7.69. The van der Waals surface area contributed by atoms with Gasteiger partial charge in [-0.05, 0) is 12.3 Å². The standard InChI is InChI=1S/C11H20N2O5/c1-7(6-18-2)5-10(15)13-8(11(16)17)3-4-9(12)14/h7-8H,3-6H2,1-2H3,(H2,12,14)(H,13,15)(H,16,17)/t7?,8-/m1/s1. The van der Waals surface area contributed by atoms with E-state index in [1.165, 1.54) is 7.11 Å². The van der Waals surface area contributed by atoms with E-state index in [2.05, 4.69) is 5.32 Å². The van der Waals surface area contributed by atoms with Crippen LogP contribution >= 0.6 is 0 Å². The number of ether oxygens (including phenoxy) is 1. The molecule has 0 heterocycles. The summed E-state index contributed by atoms with van der Waals surface area (Å²) in [4.78, 5) is 33.0. The maximum atomic E-state index is 11.5. The molecule has 0 aromatic rings. The fourth-order valence-electron chi connectivity index (χ4n) is 1.46. The summed E-state index contributed by atoms with van der Waals surface area (Å²) in [5.74, 6) is -2.15. The lowest BCUT2D eigenvalue weighted by Gasteiger charge is -2.15. The van der Waals surface area contributed by atoms with Crippen LogP contribution in [0.3, 0.4) is 0 Å². The molecule has 0 saturated carbocycles.